The molecule has 0 radical (unpaired) electrons. The van der Waals surface area contributed by atoms with Crippen molar-refractivity contribution in [1.82, 2.24) is 29.9 Å². The molecular formula is C29H35N7O5. The molecule has 5 rings (SSSR count). The maximum Gasteiger partial charge on any atom is 0.407 e. The average molecular weight is 562 g/mol. The number of ether oxygens (including phenoxy) is 2. The number of nitriles is 1. The number of hydrogen-bond acceptors (Lipinski definition) is 10. The maximum absolute atomic E-state index is 11.7. The number of rotatable bonds is 9. The van der Waals surface area contributed by atoms with Crippen LogP contribution in [-0.2, 0) is 5.41 Å². The molecule has 2 aliphatic heterocycles. The minimum absolute atomic E-state index is 0.0872. The molecular weight excluding hydrogens is 526 g/mol. The Morgan fingerprint density at radius 3 is 2.68 bits per heavy atom. The van der Waals surface area contributed by atoms with Gasteiger partial charge in [0.2, 0.25) is 17.6 Å². The van der Waals surface area contributed by atoms with E-state index in [2.05, 4.69) is 38.1 Å². The lowest BCUT2D eigenvalue weighted by atomic mass is 9.84. The van der Waals surface area contributed by atoms with E-state index in [0.29, 0.717) is 18.1 Å². The number of nitrogens with zero attached hydrogens (tertiary/aromatic N) is 7. The van der Waals surface area contributed by atoms with E-state index in [4.69, 9.17) is 19.3 Å². The second-order valence-corrected chi connectivity index (χ2v) is 11.2. The predicted octanol–water partition coefficient (Wildman–Crippen LogP) is 4.13. The fourth-order valence-electron chi connectivity index (χ4n) is 5.63. The highest BCUT2D eigenvalue weighted by molar-refractivity contribution is 5.66. The lowest BCUT2D eigenvalue weighted by molar-refractivity contribution is 0.115. The zero-order valence-electron chi connectivity index (χ0n) is 23.7. The summed E-state index contributed by atoms with van der Waals surface area (Å²) in [5.74, 6) is 1.23. The molecule has 0 spiro atoms. The van der Waals surface area contributed by atoms with Gasteiger partial charge in [-0.15, -0.1) is 0 Å². The largest absolute Gasteiger partial charge is 0.473 e. The fraction of sp³-hybridized carbons (Fsp3) is 0.517. The summed E-state index contributed by atoms with van der Waals surface area (Å²) in [6.07, 6.45) is 0.854. The van der Waals surface area contributed by atoms with E-state index in [1.807, 2.05) is 51.1 Å². The molecule has 0 saturated carbocycles. The Morgan fingerprint density at radius 2 is 2.00 bits per heavy atom. The lowest BCUT2D eigenvalue weighted by Gasteiger charge is -2.26. The van der Waals surface area contributed by atoms with Crippen LogP contribution in [0.25, 0.3) is 11.7 Å². The lowest BCUT2D eigenvalue weighted by Crippen LogP contribution is -2.38. The minimum atomic E-state index is -1.09. The Bertz CT molecular complexity index is 1410. The van der Waals surface area contributed by atoms with Crippen molar-refractivity contribution in [3.8, 4) is 29.5 Å². The third-order valence-corrected chi connectivity index (χ3v) is 8.01. The summed E-state index contributed by atoms with van der Waals surface area (Å²) >= 11 is 0. The van der Waals surface area contributed by atoms with Crippen LogP contribution in [0.3, 0.4) is 0 Å². The second-order valence-electron chi connectivity index (χ2n) is 11.2. The molecule has 2 saturated heterocycles. The molecule has 2 aliphatic rings. The van der Waals surface area contributed by atoms with Crippen LogP contribution < -0.4 is 9.47 Å². The number of likely N-dealkylation sites (N-methyl/N-ethyl adjacent to an activating group) is 1. The summed E-state index contributed by atoms with van der Waals surface area (Å²) in [5, 5.41) is 23.0. The standard InChI is InChI=1S/C29H35N7O5/c1-18(22-11-8-14-35(22)4)39-23-16-24(40-21-15-20(12-13-30)36(17-21)28(37)38)32-25(31-23)26-33-27(34-41-26)29(2,3)19-9-6-5-7-10-19/h5-7,9-10,16,18,20-22H,8,11-12,14-15,17H2,1-4H3,(H,37,38)/t18-,20?,21?,22-/m0/s1. The first-order chi connectivity index (χ1) is 19.7. The number of carboxylic acid groups (broad SMARTS) is 1. The van der Waals surface area contributed by atoms with Gasteiger partial charge in [-0.2, -0.15) is 20.2 Å². The molecule has 1 N–H and O–H groups in total. The van der Waals surface area contributed by atoms with Crippen molar-refractivity contribution in [3.63, 3.8) is 0 Å². The van der Waals surface area contributed by atoms with Gasteiger partial charge >= 0.3 is 6.09 Å². The van der Waals surface area contributed by atoms with Crippen LogP contribution in [0.2, 0.25) is 0 Å². The van der Waals surface area contributed by atoms with Gasteiger partial charge in [0.25, 0.3) is 5.89 Å². The number of aromatic nitrogens is 4. The van der Waals surface area contributed by atoms with Crippen LogP contribution in [-0.4, -0.2) is 85.5 Å². The number of likely N-dealkylation sites (tertiary alicyclic amines) is 2. The molecule has 41 heavy (non-hydrogen) atoms. The smallest absolute Gasteiger partial charge is 0.407 e. The maximum atomic E-state index is 11.7. The summed E-state index contributed by atoms with van der Waals surface area (Å²) in [5.41, 5.74) is 0.498. The number of amides is 1. The van der Waals surface area contributed by atoms with Gasteiger partial charge in [0, 0.05) is 12.5 Å². The Hall–Kier alpha value is -4.24. The Labute approximate surface area is 238 Å². The van der Waals surface area contributed by atoms with Crippen LogP contribution in [0.5, 0.6) is 11.8 Å². The Kier molecular flexibility index (Phi) is 8.08. The molecule has 1 amide bonds. The molecule has 4 atom stereocenters. The summed E-state index contributed by atoms with van der Waals surface area (Å²) < 4.78 is 18.1. The molecule has 1 aromatic carbocycles. The van der Waals surface area contributed by atoms with Gasteiger partial charge in [0.05, 0.1) is 36.6 Å². The van der Waals surface area contributed by atoms with Crippen molar-refractivity contribution in [3.05, 3.63) is 47.8 Å². The minimum Gasteiger partial charge on any atom is -0.473 e. The predicted molar refractivity (Wildman–Crippen MR) is 147 cm³/mol. The van der Waals surface area contributed by atoms with E-state index in [9.17, 15) is 9.90 Å². The number of carbonyl (C=O) groups is 1. The highest BCUT2D eigenvalue weighted by Crippen LogP contribution is 2.32. The van der Waals surface area contributed by atoms with Crippen LogP contribution >= 0.6 is 0 Å². The summed E-state index contributed by atoms with van der Waals surface area (Å²) in [6, 6.07) is 13.4. The van der Waals surface area contributed by atoms with E-state index in [1.165, 1.54) is 4.90 Å². The van der Waals surface area contributed by atoms with Gasteiger partial charge in [-0.05, 0) is 52.8 Å². The molecule has 3 aromatic rings. The van der Waals surface area contributed by atoms with Crippen molar-refractivity contribution >= 4 is 6.09 Å². The average Bonchev–Trinajstić information content (AvgIpc) is 3.70. The Morgan fingerprint density at radius 1 is 1.24 bits per heavy atom. The zero-order valence-corrected chi connectivity index (χ0v) is 23.7. The first-order valence-corrected chi connectivity index (χ1v) is 13.8. The molecule has 2 aromatic heterocycles. The second kappa shape index (κ2) is 11.7. The molecule has 12 nitrogen and oxygen atoms in total. The first kappa shape index (κ1) is 28.3. The van der Waals surface area contributed by atoms with Gasteiger partial charge < -0.3 is 24.0 Å². The van der Waals surface area contributed by atoms with E-state index in [0.717, 1.165) is 24.9 Å². The first-order valence-electron chi connectivity index (χ1n) is 13.8. The Balaban J connectivity index is 1.44. The van der Waals surface area contributed by atoms with E-state index >= 15 is 0 Å². The van der Waals surface area contributed by atoms with Gasteiger partial charge in [-0.25, -0.2) is 4.79 Å². The van der Waals surface area contributed by atoms with Crippen LogP contribution in [0.4, 0.5) is 4.79 Å². The van der Waals surface area contributed by atoms with Gasteiger partial charge in [-0.3, -0.25) is 4.90 Å². The van der Waals surface area contributed by atoms with Gasteiger partial charge in [-0.1, -0.05) is 35.5 Å². The SMILES string of the molecule is C[C@H](Oc1cc(OC2CC(CC#N)N(C(=O)O)C2)nc(-c2nc(C(C)(C)c3ccccc3)no2)n1)[C@@H]1CCCN1C. The number of hydrogen-bond donors (Lipinski definition) is 1. The van der Waals surface area contributed by atoms with Crippen molar-refractivity contribution in [2.24, 2.45) is 0 Å². The fourth-order valence-corrected chi connectivity index (χ4v) is 5.63. The van der Waals surface area contributed by atoms with Gasteiger partial charge in [0.1, 0.15) is 12.2 Å². The van der Waals surface area contributed by atoms with Crippen LogP contribution in [0, 0.1) is 11.3 Å². The zero-order chi connectivity index (χ0) is 29.1. The molecule has 2 unspecified atom stereocenters. The highest BCUT2D eigenvalue weighted by atomic mass is 16.5. The van der Waals surface area contributed by atoms with Crippen LogP contribution in [0.1, 0.15) is 57.8 Å². The van der Waals surface area contributed by atoms with Gasteiger partial charge in [0.15, 0.2) is 5.82 Å². The topological polar surface area (TPSA) is 151 Å². The van der Waals surface area contributed by atoms with E-state index < -0.39 is 23.7 Å². The van der Waals surface area contributed by atoms with Crippen molar-refractivity contribution in [1.29, 1.82) is 5.26 Å². The molecule has 0 aliphatic carbocycles. The molecule has 12 heteroatoms. The summed E-state index contributed by atoms with van der Waals surface area (Å²) in [6.45, 7) is 7.16. The number of benzene rings is 1. The third-order valence-electron chi connectivity index (χ3n) is 8.01. The van der Waals surface area contributed by atoms with Crippen LogP contribution in [0.15, 0.2) is 40.9 Å². The molecule has 2 fully saturated rings. The highest BCUT2D eigenvalue weighted by Gasteiger charge is 2.37. The van der Waals surface area contributed by atoms with Crippen molar-refractivity contribution in [2.75, 3.05) is 20.1 Å². The van der Waals surface area contributed by atoms with E-state index in [1.54, 1.807) is 6.07 Å². The quantitative estimate of drug-likeness (QED) is 0.401. The summed E-state index contributed by atoms with van der Waals surface area (Å²) in [7, 11) is 2.08. The third kappa shape index (κ3) is 6.10. The molecule has 216 valence electrons. The van der Waals surface area contributed by atoms with Crippen molar-refractivity contribution in [2.45, 2.75) is 76.2 Å². The monoisotopic (exact) mass is 561 g/mol. The normalized spacial score (nSPS) is 21.9. The summed E-state index contributed by atoms with van der Waals surface area (Å²) in [4.78, 5) is 29.0. The van der Waals surface area contributed by atoms with Crippen molar-refractivity contribution < 1.29 is 23.9 Å². The molecule has 0 bridgehead atoms. The molecule has 4 heterocycles. The van der Waals surface area contributed by atoms with E-state index in [-0.39, 0.29) is 42.7 Å².